The quantitative estimate of drug-likeness (QED) is 0.814. The third-order valence-electron chi connectivity index (χ3n) is 4.23. The standard InChI is InChI=1S/C14H26N2O/c1-12-4-6-13(7-5-12)15-14(17)8-11-16-9-2-3-10-16/h12-13H,2-11H2,1H3,(H,15,17). The number of likely N-dealkylation sites (tertiary alicyclic amines) is 1. The lowest BCUT2D eigenvalue weighted by atomic mass is 9.87. The number of nitrogens with zero attached hydrogens (tertiary/aromatic N) is 1. The van der Waals surface area contributed by atoms with Crippen molar-refractivity contribution >= 4 is 5.91 Å². The average Bonchev–Trinajstić information content (AvgIpc) is 2.83. The van der Waals surface area contributed by atoms with Crippen molar-refractivity contribution in [1.82, 2.24) is 10.2 Å². The minimum Gasteiger partial charge on any atom is -0.353 e. The molecule has 17 heavy (non-hydrogen) atoms. The van der Waals surface area contributed by atoms with Crippen molar-refractivity contribution in [1.29, 1.82) is 0 Å². The molecule has 2 fully saturated rings. The van der Waals surface area contributed by atoms with E-state index < -0.39 is 0 Å². The van der Waals surface area contributed by atoms with Crippen LogP contribution in [0.15, 0.2) is 0 Å². The average molecular weight is 238 g/mol. The van der Waals surface area contributed by atoms with Crippen molar-refractivity contribution in [2.75, 3.05) is 19.6 Å². The Morgan fingerprint density at radius 1 is 1.18 bits per heavy atom. The van der Waals surface area contributed by atoms with E-state index in [1.807, 2.05) is 0 Å². The normalized spacial score (nSPS) is 30.4. The van der Waals surface area contributed by atoms with Crippen LogP contribution >= 0.6 is 0 Å². The largest absolute Gasteiger partial charge is 0.353 e. The molecule has 0 radical (unpaired) electrons. The summed E-state index contributed by atoms with van der Waals surface area (Å²) >= 11 is 0. The Bertz CT molecular complexity index is 241. The molecule has 3 heteroatoms. The number of hydrogen-bond donors (Lipinski definition) is 1. The van der Waals surface area contributed by atoms with Crippen molar-refractivity contribution in [2.45, 2.75) is 57.9 Å². The zero-order valence-corrected chi connectivity index (χ0v) is 11.1. The van der Waals surface area contributed by atoms with Crippen LogP contribution in [0.25, 0.3) is 0 Å². The van der Waals surface area contributed by atoms with Crippen molar-refractivity contribution < 1.29 is 4.79 Å². The summed E-state index contributed by atoms with van der Waals surface area (Å²) in [5.41, 5.74) is 0. The molecule has 0 atom stereocenters. The van der Waals surface area contributed by atoms with Crippen LogP contribution in [0.4, 0.5) is 0 Å². The number of nitrogens with one attached hydrogen (secondary N) is 1. The monoisotopic (exact) mass is 238 g/mol. The van der Waals surface area contributed by atoms with Gasteiger partial charge in [-0.15, -0.1) is 0 Å². The molecule has 1 aliphatic heterocycles. The zero-order valence-electron chi connectivity index (χ0n) is 11.1. The number of carbonyl (C=O) groups is 1. The number of carbonyl (C=O) groups excluding carboxylic acids is 1. The summed E-state index contributed by atoms with van der Waals surface area (Å²) in [5, 5.41) is 3.20. The number of hydrogen-bond acceptors (Lipinski definition) is 2. The van der Waals surface area contributed by atoms with Crippen LogP contribution in [0, 0.1) is 5.92 Å². The molecule has 2 rings (SSSR count). The Labute approximate surface area is 105 Å². The fraction of sp³-hybridized carbons (Fsp3) is 0.929. The van der Waals surface area contributed by atoms with Gasteiger partial charge in [0.15, 0.2) is 0 Å². The molecule has 1 amide bonds. The summed E-state index contributed by atoms with van der Waals surface area (Å²) in [7, 11) is 0. The predicted octanol–water partition coefficient (Wildman–Crippen LogP) is 2.17. The summed E-state index contributed by atoms with van der Waals surface area (Å²) in [5.74, 6) is 1.12. The molecule has 98 valence electrons. The molecule has 2 aliphatic rings. The summed E-state index contributed by atoms with van der Waals surface area (Å²) in [6, 6.07) is 0.456. The van der Waals surface area contributed by atoms with Crippen LogP contribution < -0.4 is 5.32 Å². The molecule has 1 aliphatic carbocycles. The van der Waals surface area contributed by atoms with Gasteiger partial charge in [0.1, 0.15) is 0 Å². The molecule has 0 spiro atoms. The first-order valence-electron chi connectivity index (χ1n) is 7.26. The summed E-state index contributed by atoms with van der Waals surface area (Å²) in [6.45, 7) is 5.64. The van der Waals surface area contributed by atoms with Gasteiger partial charge < -0.3 is 10.2 Å². The molecule has 1 saturated heterocycles. The lowest BCUT2D eigenvalue weighted by Gasteiger charge is -2.27. The van der Waals surface area contributed by atoms with E-state index in [1.54, 1.807) is 0 Å². The Balaban J connectivity index is 1.60. The van der Waals surface area contributed by atoms with E-state index in [1.165, 1.54) is 51.6 Å². The fourth-order valence-electron chi connectivity index (χ4n) is 2.97. The zero-order chi connectivity index (χ0) is 12.1. The predicted molar refractivity (Wildman–Crippen MR) is 69.9 cm³/mol. The molecule has 0 unspecified atom stereocenters. The Morgan fingerprint density at radius 2 is 1.82 bits per heavy atom. The van der Waals surface area contributed by atoms with Crippen molar-refractivity contribution in [3.05, 3.63) is 0 Å². The van der Waals surface area contributed by atoms with Crippen molar-refractivity contribution in [3.63, 3.8) is 0 Å². The molecule has 1 saturated carbocycles. The Morgan fingerprint density at radius 3 is 2.47 bits per heavy atom. The highest BCUT2D eigenvalue weighted by Gasteiger charge is 2.20. The van der Waals surface area contributed by atoms with Gasteiger partial charge in [-0.2, -0.15) is 0 Å². The number of amides is 1. The first-order valence-corrected chi connectivity index (χ1v) is 7.26. The van der Waals surface area contributed by atoms with E-state index in [0.717, 1.165) is 12.5 Å². The van der Waals surface area contributed by atoms with E-state index in [4.69, 9.17) is 0 Å². The van der Waals surface area contributed by atoms with Crippen LogP contribution in [0.1, 0.15) is 51.9 Å². The van der Waals surface area contributed by atoms with Crippen LogP contribution in [0.5, 0.6) is 0 Å². The van der Waals surface area contributed by atoms with Crippen LogP contribution in [0.3, 0.4) is 0 Å². The van der Waals surface area contributed by atoms with Crippen LogP contribution in [0.2, 0.25) is 0 Å². The summed E-state index contributed by atoms with van der Waals surface area (Å²) in [4.78, 5) is 14.2. The molecular formula is C14H26N2O. The smallest absolute Gasteiger partial charge is 0.221 e. The first kappa shape index (κ1) is 12.9. The highest BCUT2D eigenvalue weighted by molar-refractivity contribution is 5.76. The fourth-order valence-corrected chi connectivity index (χ4v) is 2.97. The molecular weight excluding hydrogens is 212 g/mol. The lowest BCUT2D eigenvalue weighted by Crippen LogP contribution is -2.38. The van der Waals surface area contributed by atoms with Gasteiger partial charge in [0.2, 0.25) is 5.91 Å². The maximum Gasteiger partial charge on any atom is 0.221 e. The van der Waals surface area contributed by atoms with Gasteiger partial charge in [-0.1, -0.05) is 6.92 Å². The second kappa shape index (κ2) is 6.39. The van der Waals surface area contributed by atoms with Crippen LogP contribution in [-0.2, 0) is 4.79 Å². The van der Waals surface area contributed by atoms with Crippen molar-refractivity contribution in [3.8, 4) is 0 Å². The summed E-state index contributed by atoms with van der Waals surface area (Å²) in [6.07, 6.45) is 8.21. The van der Waals surface area contributed by atoms with Gasteiger partial charge in [0.05, 0.1) is 0 Å². The first-order chi connectivity index (χ1) is 8.24. The molecule has 0 bridgehead atoms. The highest BCUT2D eigenvalue weighted by atomic mass is 16.1. The topological polar surface area (TPSA) is 32.3 Å². The third-order valence-corrected chi connectivity index (χ3v) is 4.23. The van der Waals surface area contributed by atoms with E-state index in [9.17, 15) is 4.79 Å². The van der Waals surface area contributed by atoms with Gasteiger partial charge in [0, 0.05) is 19.0 Å². The highest BCUT2D eigenvalue weighted by Crippen LogP contribution is 2.23. The van der Waals surface area contributed by atoms with E-state index >= 15 is 0 Å². The minimum atomic E-state index is 0.261. The maximum absolute atomic E-state index is 11.8. The van der Waals surface area contributed by atoms with Gasteiger partial charge in [-0.05, 0) is 57.5 Å². The molecule has 1 heterocycles. The van der Waals surface area contributed by atoms with Gasteiger partial charge in [-0.25, -0.2) is 0 Å². The SMILES string of the molecule is CC1CCC(NC(=O)CCN2CCCC2)CC1. The van der Waals surface area contributed by atoms with E-state index in [0.29, 0.717) is 12.5 Å². The van der Waals surface area contributed by atoms with E-state index in [-0.39, 0.29) is 5.91 Å². The Hall–Kier alpha value is -0.570. The number of rotatable bonds is 4. The maximum atomic E-state index is 11.8. The van der Waals surface area contributed by atoms with Gasteiger partial charge >= 0.3 is 0 Å². The molecule has 0 aromatic heterocycles. The van der Waals surface area contributed by atoms with Crippen LogP contribution in [-0.4, -0.2) is 36.5 Å². The lowest BCUT2D eigenvalue weighted by molar-refractivity contribution is -0.122. The second-order valence-corrected chi connectivity index (χ2v) is 5.82. The molecule has 0 aromatic carbocycles. The minimum absolute atomic E-state index is 0.261. The molecule has 1 N–H and O–H groups in total. The van der Waals surface area contributed by atoms with Crippen molar-refractivity contribution in [2.24, 2.45) is 5.92 Å². The summed E-state index contributed by atoms with van der Waals surface area (Å²) < 4.78 is 0. The van der Waals surface area contributed by atoms with Gasteiger partial charge in [-0.3, -0.25) is 4.79 Å². The molecule has 3 nitrogen and oxygen atoms in total. The van der Waals surface area contributed by atoms with E-state index in [2.05, 4.69) is 17.1 Å². The molecule has 0 aromatic rings. The Kier molecular flexibility index (Phi) is 4.84. The van der Waals surface area contributed by atoms with Gasteiger partial charge in [0.25, 0.3) is 0 Å². The second-order valence-electron chi connectivity index (χ2n) is 5.82. The third kappa shape index (κ3) is 4.30.